The van der Waals surface area contributed by atoms with Crippen LogP contribution in [0, 0.1) is 0 Å². The third-order valence-electron chi connectivity index (χ3n) is 2.56. The zero-order chi connectivity index (χ0) is 12.1. The molecule has 0 amide bonds. The van der Waals surface area contributed by atoms with E-state index >= 15 is 0 Å². The van der Waals surface area contributed by atoms with Crippen molar-refractivity contribution in [2.45, 2.75) is 38.2 Å². The molecule has 98 valence electrons. The maximum Gasteiger partial charge on any atom is 0.0576 e. The van der Waals surface area contributed by atoms with Gasteiger partial charge >= 0.3 is 0 Å². The molecule has 1 unspecified atom stereocenters. The molecular formula is C12H28N2O2. The lowest BCUT2D eigenvalue weighted by atomic mass is 10.1. The molecule has 0 heterocycles. The van der Waals surface area contributed by atoms with E-state index in [1.54, 1.807) is 0 Å². The normalized spacial score (nSPS) is 12.9. The topological polar surface area (TPSA) is 53.5 Å². The summed E-state index contributed by atoms with van der Waals surface area (Å²) < 4.78 is 5.81. The van der Waals surface area contributed by atoms with Crippen LogP contribution in [0.3, 0.4) is 0 Å². The van der Waals surface area contributed by atoms with Crippen LogP contribution in [0.4, 0.5) is 0 Å². The smallest absolute Gasteiger partial charge is 0.0576 e. The quantitative estimate of drug-likeness (QED) is 0.435. The Bertz CT molecular complexity index is 134. The van der Waals surface area contributed by atoms with Gasteiger partial charge in [0, 0.05) is 13.2 Å². The van der Waals surface area contributed by atoms with Crippen LogP contribution in [0.2, 0.25) is 0 Å². The molecule has 0 aliphatic carbocycles. The van der Waals surface area contributed by atoms with Crippen LogP contribution >= 0.6 is 0 Å². The summed E-state index contributed by atoms with van der Waals surface area (Å²) in [7, 11) is 3.92. The van der Waals surface area contributed by atoms with Gasteiger partial charge in [-0.3, -0.25) is 0 Å². The van der Waals surface area contributed by atoms with E-state index in [-0.39, 0.29) is 6.61 Å². The lowest BCUT2D eigenvalue weighted by Gasteiger charge is -2.17. The minimum Gasteiger partial charge on any atom is -0.396 e. The Morgan fingerprint density at radius 1 is 1.00 bits per heavy atom. The molecule has 0 aliphatic heterocycles. The monoisotopic (exact) mass is 232 g/mol. The van der Waals surface area contributed by atoms with E-state index in [0.717, 1.165) is 51.8 Å². The Hall–Kier alpha value is -0.160. The van der Waals surface area contributed by atoms with Crippen molar-refractivity contribution in [3.8, 4) is 0 Å². The van der Waals surface area contributed by atoms with Gasteiger partial charge in [-0.15, -0.1) is 0 Å². The van der Waals surface area contributed by atoms with Crippen molar-refractivity contribution in [2.75, 3.05) is 40.4 Å². The molecule has 1 atom stereocenters. The Kier molecular flexibility index (Phi) is 12.8. The van der Waals surface area contributed by atoms with Gasteiger partial charge in [0.15, 0.2) is 0 Å². The molecule has 0 bridgehead atoms. The number of aliphatic hydroxyl groups excluding tert-OH is 1. The number of rotatable bonds is 12. The van der Waals surface area contributed by atoms with Crippen LogP contribution in [-0.4, -0.2) is 51.6 Å². The molecule has 4 nitrogen and oxygen atoms in total. The summed E-state index contributed by atoms with van der Waals surface area (Å²) >= 11 is 0. The highest BCUT2D eigenvalue weighted by molar-refractivity contribution is 4.60. The average molecular weight is 232 g/mol. The predicted molar refractivity (Wildman–Crippen MR) is 67.8 cm³/mol. The minimum atomic E-state index is 0.266. The summed E-state index contributed by atoms with van der Waals surface area (Å²) in [6.07, 6.45) is 5.41. The second-order valence-corrected chi connectivity index (χ2v) is 4.06. The van der Waals surface area contributed by atoms with Crippen molar-refractivity contribution in [3.63, 3.8) is 0 Å². The predicted octanol–water partition coefficient (Wildman–Crippen LogP) is 0.753. The lowest BCUT2D eigenvalue weighted by molar-refractivity contribution is 0.0349. The van der Waals surface area contributed by atoms with Gasteiger partial charge in [0.25, 0.3) is 0 Å². The first-order valence-corrected chi connectivity index (χ1v) is 6.36. The Balaban J connectivity index is 3.54. The van der Waals surface area contributed by atoms with E-state index in [1.165, 1.54) is 0 Å². The summed E-state index contributed by atoms with van der Waals surface area (Å²) in [4.78, 5) is 0. The van der Waals surface area contributed by atoms with E-state index in [4.69, 9.17) is 9.84 Å². The van der Waals surface area contributed by atoms with Gasteiger partial charge in [0.05, 0.1) is 6.10 Å². The molecule has 0 saturated heterocycles. The second-order valence-electron chi connectivity index (χ2n) is 4.06. The highest BCUT2D eigenvalue weighted by Gasteiger charge is 2.07. The van der Waals surface area contributed by atoms with Crippen LogP contribution in [-0.2, 0) is 4.74 Å². The molecule has 4 heteroatoms. The van der Waals surface area contributed by atoms with Gasteiger partial charge in [-0.05, 0) is 59.3 Å². The van der Waals surface area contributed by atoms with E-state index in [1.807, 2.05) is 14.1 Å². The fraction of sp³-hybridized carbons (Fsp3) is 1.00. The average Bonchev–Trinajstić information content (AvgIpc) is 2.31. The maximum atomic E-state index is 8.82. The third-order valence-corrected chi connectivity index (χ3v) is 2.56. The fourth-order valence-corrected chi connectivity index (χ4v) is 1.64. The summed E-state index contributed by atoms with van der Waals surface area (Å²) in [5.74, 6) is 0. The zero-order valence-electron chi connectivity index (χ0n) is 10.8. The van der Waals surface area contributed by atoms with Crippen LogP contribution in [0.1, 0.15) is 32.1 Å². The lowest BCUT2D eigenvalue weighted by Crippen LogP contribution is -2.19. The van der Waals surface area contributed by atoms with Crippen LogP contribution < -0.4 is 10.6 Å². The molecule has 16 heavy (non-hydrogen) atoms. The molecule has 0 saturated carbocycles. The van der Waals surface area contributed by atoms with Gasteiger partial charge in [-0.2, -0.15) is 0 Å². The Morgan fingerprint density at radius 3 is 2.25 bits per heavy atom. The minimum absolute atomic E-state index is 0.266. The van der Waals surface area contributed by atoms with Gasteiger partial charge in [0.2, 0.25) is 0 Å². The van der Waals surface area contributed by atoms with Crippen LogP contribution in [0.5, 0.6) is 0 Å². The number of hydrogen-bond donors (Lipinski definition) is 3. The number of nitrogens with one attached hydrogen (secondary N) is 2. The third kappa shape index (κ3) is 10.4. The van der Waals surface area contributed by atoms with Crippen molar-refractivity contribution < 1.29 is 9.84 Å². The van der Waals surface area contributed by atoms with Crippen molar-refractivity contribution in [2.24, 2.45) is 0 Å². The van der Waals surface area contributed by atoms with Crippen molar-refractivity contribution in [1.82, 2.24) is 10.6 Å². The summed E-state index contributed by atoms with van der Waals surface area (Å²) in [6, 6.07) is 0. The Labute approximate surface area is 99.8 Å². The first-order valence-electron chi connectivity index (χ1n) is 6.36. The fourth-order valence-electron chi connectivity index (χ4n) is 1.64. The van der Waals surface area contributed by atoms with Crippen LogP contribution in [0.15, 0.2) is 0 Å². The van der Waals surface area contributed by atoms with E-state index in [9.17, 15) is 0 Å². The second kappa shape index (κ2) is 12.9. The molecule has 0 radical (unpaired) electrons. The first kappa shape index (κ1) is 15.8. The van der Waals surface area contributed by atoms with Crippen LogP contribution in [0.25, 0.3) is 0 Å². The molecule has 0 aromatic rings. The van der Waals surface area contributed by atoms with Crippen molar-refractivity contribution in [1.29, 1.82) is 0 Å². The highest BCUT2D eigenvalue weighted by Crippen LogP contribution is 2.09. The van der Waals surface area contributed by atoms with Crippen molar-refractivity contribution >= 4 is 0 Å². The zero-order valence-corrected chi connectivity index (χ0v) is 10.8. The summed E-state index contributed by atoms with van der Waals surface area (Å²) in [6.45, 7) is 3.12. The number of hydrogen-bond acceptors (Lipinski definition) is 4. The molecule has 3 N–H and O–H groups in total. The molecule has 0 spiro atoms. The van der Waals surface area contributed by atoms with E-state index in [2.05, 4.69) is 10.6 Å². The Morgan fingerprint density at radius 2 is 1.62 bits per heavy atom. The maximum absolute atomic E-state index is 8.82. The largest absolute Gasteiger partial charge is 0.396 e. The molecule has 0 aliphatic rings. The van der Waals surface area contributed by atoms with E-state index < -0.39 is 0 Å². The summed E-state index contributed by atoms with van der Waals surface area (Å²) in [5, 5.41) is 15.1. The van der Waals surface area contributed by atoms with Gasteiger partial charge in [0.1, 0.15) is 0 Å². The SMILES string of the molecule is CNCCCOC(CCCO)CCCNC. The molecule has 0 aromatic carbocycles. The first-order chi connectivity index (χ1) is 7.85. The standard InChI is InChI=1S/C12H28N2O2/c1-13-8-3-6-12(7-4-10-15)16-11-5-9-14-2/h12-15H,3-11H2,1-2H3. The number of ether oxygens (including phenoxy) is 1. The van der Waals surface area contributed by atoms with Crippen molar-refractivity contribution in [3.05, 3.63) is 0 Å². The van der Waals surface area contributed by atoms with Gasteiger partial charge < -0.3 is 20.5 Å². The molecular weight excluding hydrogens is 204 g/mol. The van der Waals surface area contributed by atoms with E-state index in [0.29, 0.717) is 6.10 Å². The van der Waals surface area contributed by atoms with Gasteiger partial charge in [-0.25, -0.2) is 0 Å². The number of aliphatic hydroxyl groups is 1. The van der Waals surface area contributed by atoms with Gasteiger partial charge in [-0.1, -0.05) is 0 Å². The molecule has 0 rings (SSSR count). The molecule has 0 aromatic heterocycles. The molecule has 0 fully saturated rings. The summed E-state index contributed by atoms with van der Waals surface area (Å²) in [5.41, 5.74) is 0. The highest BCUT2D eigenvalue weighted by atomic mass is 16.5.